The molecular weight excluding hydrogens is 260 g/mol. The van der Waals surface area contributed by atoms with Gasteiger partial charge in [0.2, 0.25) is 0 Å². The van der Waals surface area contributed by atoms with Crippen molar-refractivity contribution in [2.45, 2.75) is 5.37 Å². The Morgan fingerprint density at radius 3 is 2.22 bits per heavy atom. The van der Waals surface area contributed by atoms with Crippen LogP contribution in [-0.2, 0) is 0 Å². The Morgan fingerprint density at radius 1 is 0.944 bits per heavy atom. The number of nitrogens with one attached hydrogen (secondary N) is 1. The predicted molar refractivity (Wildman–Crippen MR) is 81.4 cm³/mol. The summed E-state index contributed by atoms with van der Waals surface area (Å²) in [6, 6.07) is 20.6. The number of anilines is 1. The van der Waals surface area contributed by atoms with Crippen molar-refractivity contribution in [3.8, 4) is 0 Å². The zero-order valence-corrected chi connectivity index (χ0v) is 11.2. The van der Waals surface area contributed by atoms with E-state index in [0.717, 1.165) is 10.0 Å². The Hall–Kier alpha value is -1.52. The summed E-state index contributed by atoms with van der Waals surface area (Å²) in [6.45, 7) is 0. The summed E-state index contributed by atoms with van der Waals surface area (Å²) in [5, 5.41) is 2.31. The fourth-order valence-corrected chi connectivity index (χ4v) is 3.26. The van der Waals surface area contributed by atoms with Gasteiger partial charge in [-0.2, -0.15) is 0 Å². The van der Waals surface area contributed by atoms with Crippen molar-refractivity contribution < 1.29 is 0 Å². The fourth-order valence-electron chi connectivity index (χ4n) is 1.96. The molecule has 1 atom stereocenters. The van der Waals surface area contributed by atoms with Crippen LogP contribution in [0.25, 0.3) is 0 Å². The Balaban J connectivity index is 1.96. The first-order valence-electron chi connectivity index (χ1n) is 5.71. The number of para-hydroxylation sites is 1. The first-order valence-corrected chi connectivity index (χ1v) is 7.00. The average molecular weight is 272 g/mol. The van der Waals surface area contributed by atoms with Crippen LogP contribution in [0.1, 0.15) is 10.9 Å². The first-order chi connectivity index (χ1) is 8.84. The molecular formula is C14H12N2S2. The van der Waals surface area contributed by atoms with Crippen molar-refractivity contribution in [2.24, 2.45) is 0 Å². The Labute approximate surface area is 116 Å². The number of thioether (sulfide) groups is 1. The lowest BCUT2D eigenvalue weighted by atomic mass is 10.2. The van der Waals surface area contributed by atoms with Crippen LogP contribution >= 0.6 is 24.0 Å². The molecule has 1 fully saturated rings. The summed E-state index contributed by atoms with van der Waals surface area (Å²) in [4.78, 5) is 0. The van der Waals surface area contributed by atoms with Gasteiger partial charge < -0.3 is 0 Å². The molecule has 4 heteroatoms. The van der Waals surface area contributed by atoms with E-state index in [2.05, 4.69) is 46.8 Å². The lowest BCUT2D eigenvalue weighted by Gasteiger charge is -2.24. The molecule has 18 heavy (non-hydrogen) atoms. The largest absolute Gasteiger partial charge is 0.281 e. The second kappa shape index (κ2) is 5.00. The summed E-state index contributed by atoms with van der Waals surface area (Å²) in [5.41, 5.74) is 5.62. The molecule has 3 rings (SSSR count). The van der Waals surface area contributed by atoms with Gasteiger partial charge in [0.1, 0.15) is 5.37 Å². The standard InChI is InChI=1S/C14H12N2S2/c17-14-15-16(12-9-5-2-6-10-12)13(18-14)11-7-3-1-4-8-11/h1-10,13H,(H,15,17). The number of hydrogen-bond acceptors (Lipinski definition) is 3. The van der Waals surface area contributed by atoms with E-state index in [0.29, 0.717) is 0 Å². The molecule has 0 aromatic heterocycles. The van der Waals surface area contributed by atoms with Crippen LogP contribution in [0.2, 0.25) is 0 Å². The topological polar surface area (TPSA) is 15.3 Å². The van der Waals surface area contributed by atoms with Gasteiger partial charge in [-0.05, 0) is 17.7 Å². The molecule has 2 nitrogen and oxygen atoms in total. The highest BCUT2D eigenvalue weighted by molar-refractivity contribution is 8.23. The summed E-state index contributed by atoms with van der Waals surface area (Å²) in [7, 11) is 0. The van der Waals surface area contributed by atoms with Gasteiger partial charge in [0.15, 0.2) is 4.32 Å². The highest BCUT2D eigenvalue weighted by atomic mass is 32.2. The van der Waals surface area contributed by atoms with Gasteiger partial charge in [0.05, 0.1) is 5.69 Å². The van der Waals surface area contributed by atoms with Crippen molar-refractivity contribution in [3.63, 3.8) is 0 Å². The number of benzene rings is 2. The summed E-state index contributed by atoms with van der Waals surface area (Å²) < 4.78 is 0.813. The molecule has 1 saturated heterocycles. The lowest BCUT2D eigenvalue weighted by molar-refractivity contribution is 0.781. The Morgan fingerprint density at radius 2 is 1.56 bits per heavy atom. The first kappa shape index (κ1) is 11.6. The van der Waals surface area contributed by atoms with Crippen LogP contribution in [0, 0.1) is 0 Å². The molecule has 0 saturated carbocycles. The zero-order chi connectivity index (χ0) is 12.4. The Bertz CT molecular complexity index is 493. The SMILES string of the molecule is S=C1NN(c2ccccc2)C(c2ccccc2)S1. The van der Waals surface area contributed by atoms with E-state index < -0.39 is 0 Å². The number of hydrogen-bond donors (Lipinski definition) is 1. The molecule has 2 aromatic carbocycles. The minimum Gasteiger partial charge on any atom is -0.281 e. The van der Waals surface area contributed by atoms with Crippen molar-refractivity contribution in [2.75, 3.05) is 5.01 Å². The highest BCUT2D eigenvalue weighted by Crippen LogP contribution is 2.39. The van der Waals surface area contributed by atoms with E-state index >= 15 is 0 Å². The van der Waals surface area contributed by atoms with Gasteiger partial charge in [-0.25, -0.2) is 0 Å². The molecule has 0 amide bonds. The van der Waals surface area contributed by atoms with Gasteiger partial charge in [-0.1, -0.05) is 72.5 Å². The van der Waals surface area contributed by atoms with Gasteiger partial charge in [-0.3, -0.25) is 10.4 Å². The molecule has 1 heterocycles. The van der Waals surface area contributed by atoms with E-state index in [1.807, 2.05) is 24.3 Å². The highest BCUT2D eigenvalue weighted by Gasteiger charge is 2.30. The molecule has 1 aliphatic heterocycles. The molecule has 0 aliphatic carbocycles. The van der Waals surface area contributed by atoms with Gasteiger partial charge in [0, 0.05) is 0 Å². The molecule has 90 valence electrons. The van der Waals surface area contributed by atoms with Crippen molar-refractivity contribution in [1.82, 2.24) is 5.43 Å². The molecule has 1 N–H and O–H groups in total. The minimum absolute atomic E-state index is 0.195. The molecule has 0 spiro atoms. The summed E-state index contributed by atoms with van der Waals surface area (Å²) in [6.07, 6.45) is 0. The third-order valence-electron chi connectivity index (χ3n) is 2.78. The maximum atomic E-state index is 5.28. The monoisotopic (exact) mass is 272 g/mol. The normalized spacial score (nSPS) is 18.8. The van der Waals surface area contributed by atoms with Crippen LogP contribution < -0.4 is 10.4 Å². The number of hydrazine groups is 1. The minimum atomic E-state index is 0.195. The van der Waals surface area contributed by atoms with Gasteiger partial charge >= 0.3 is 0 Å². The fraction of sp³-hybridized carbons (Fsp3) is 0.0714. The predicted octanol–water partition coefficient (Wildman–Crippen LogP) is 3.73. The van der Waals surface area contributed by atoms with E-state index in [9.17, 15) is 0 Å². The average Bonchev–Trinajstić information content (AvgIpc) is 2.83. The summed E-state index contributed by atoms with van der Waals surface area (Å²) in [5.74, 6) is 0. The smallest absolute Gasteiger partial charge is 0.154 e. The molecule has 1 unspecified atom stereocenters. The van der Waals surface area contributed by atoms with Crippen molar-refractivity contribution >= 4 is 34.0 Å². The van der Waals surface area contributed by atoms with E-state index in [4.69, 9.17) is 12.2 Å². The molecule has 2 aromatic rings. The van der Waals surface area contributed by atoms with Crippen molar-refractivity contribution in [1.29, 1.82) is 0 Å². The van der Waals surface area contributed by atoms with Crippen LogP contribution in [0.4, 0.5) is 5.69 Å². The second-order valence-corrected chi connectivity index (χ2v) is 5.74. The quantitative estimate of drug-likeness (QED) is 0.838. The maximum Gasteiger partial charge on any atom is 0.154 e. The molecule has 0 bridgehead atoms. The van der Waals surface area contributed by atoms with Crippen LogP contribution in [0.15, 0.2) is 60.7 Å². The van der Waals surface area contributed by atoms with Gasteiger partial charge in [0.25, 0.3) is 0 Å². The zero-order valence-electron chi connectivity index (χ0n) is 9.61. The third-order valence-corrected chi connectivity index (χ3v) is 4.18. The second-order valence-electron chi connectivity index (χ2n) is 3.99. The number of nitrogens with zero attached hydrogens (tertiary/aromatic N) is 1. The van der Waals surface area contributed by atoms with E-state index in [1.165, 1.54) is 5.56 Å². The van der Waals surface area contributed by atoms with Crippen LogP contribution in [-0.4, -0.2) is 4.32 Å². The molecule has 0 radical (unpaired) electrons. The number of rotatable bonds is 2. The van der Waals surface area contributed by atoms with Crippen LogP contribution in [0.5, 0.6) is 0 Å². The van der Waals surface area contributed by atoms with E-state index in [-0.39, 0.29) is 5.37 Å². The summed E-state index contributed by atoms with van der Waals surface area (Å²) >= 11 is 6.95. The molecule has 1 aliphatic rings. The lowest BCUT2D eigenvalue weighted by Crippen LogP contribution is -2.34. The van der Waals surface area contributed by atoms with Crippen LogP contribution in [0.3, 0.4) is 0 Å². The van der Waals surface area contributed by atoms with Crippen molar-refractivity contribution in [3.05, 3.63) is 66.2 Å². The van der Waals surface area contributed by atoms with E-state index in [1.54, 1.807) is 11.8 Å². The number of thiocarbonyl (C=S) groups is 1. The van der Waals surface area contributed by atoms with Gasteiger partial charge in [-0.15, -0.1) is 0 Å². The Kier molecular flexibility index (Phi) is 3.21. The third kappa shape index (κ3) is 2.21. The maximum absolute atomic E-state index is 5.28.